The van der Waals surface area contributed by atoms with Crippen molar-refractivity contribution in [3.63, 3.8) is 0 Å². The largest absolute Gasteiger partial charge is 0.369 e. The number of halogens is 4. The summed E-state index contributed by atoms with van der Waals surface area (Å²) in [5.74, 6) is -2.92. The highest BCUT2D eigenvalue weighted by Crippen LogP contribution is 2.48. The van der Waals surface area contributed by atoms with Gasteiger partial charge in [0.1, 0.15) is 5.60 Å². The number of thiophene rings is 1. The number of carbonyl (C=O) groups is 1. The van der Waals surface area contributed by atoms with Crippen LogP contribution in [-0.4, -0.2) is 54.9 Å². The Kier molecular flexibility index (Phi) is 6.27. The Labute approximate surface area is 196 Å². The molecule has 3 fully saturated rings. The maximum absolute atomic E-state index is 13.0. The van der Waals surface area contributed by atoms with Crippen LogP contribution >= 0.6 is 11.3 Å². The fourth-order valence-corrected chi connectivity index (χ4v) is 7.49. The van der Waals surface area contributed by atoms with Crippen LogP contribution in [-0.2, 0) is 28.0 Å². The van der Waals surface area contributed by atoms with E-state index in [0.717, 1.165) is 54.9 Å². The smallest absolute Gasteiger partial charge is 0.249 e. The Bertz CT molecular complexity index is 880. The van der Waals surface area contributed by atoms with E-state index in [-0.39, 0.29) is 36.8 Å². The summed E-state index contributed by atoms with van der Waals surface area (Å²) >= 11 is 1.51. The number of likely N-dealkylation sites (tertiary alicyclic amines) is 1. The first-order valence-corrected chi connectivity index (χ1v) is 12.9. The van der Waals surface area contributed by atoms with Gasteiger partial charge in [-0.3, -0.25) is 4.79 Å². The summed E-state index contributed by atoms with van der Waals surface area (Å²) in [4.78, 5) is 16.5. The zero-order chi connectivity index (χ0) is 23.4. The molecule has 4 aliphatic rings. The van der Waals surface area contributed by atoms with Crippen molar-refractivity contribution in [1.82, 2.24) is 10.2 Å². The van der Waals surface area contributed by atoms with Gasteiger partial charge in [-0.05, 0) is 56.6 Å². The van der Waals surface area contributed by atoms with E-state index in [4.69, 9.17) is 4.74 Å². The van der Waals surface area contributed by atoms with Gasteiger partial charge in [0.2, 0.25) is 18.3 Å². The molecule has 4 nitrogen and oxygen atoms in total. The maximum atomic E-state index is 13.0. The average molecular weight is 489 g/mol. The predicted molar refractivity (Wildman–Crippen MR) is 118 cm³/mol. The second-order valence-electron chi connectivity index (χ2n) is 10.6. The summed E-state index contributed by atoms with van der Waals surface area (Å²) < 4.78 is 58.1. The molecule has 5 rings (SSSR count). The van der Waals surface area contributed by atoms with E-state index in [9.17, 15) is 22.4 Å². The SMILES string of the molecule is C[C@H]1C[C@@]2(CCN1C[C@H]1C[C@@H](NC(=O)C3CC(F)(F)C3)C1)OCCc1cc(CC(F)F)sc12. The molecule has 0 aromatic carbocycles. The van der Waals surface area contributed by atoms with Gasteiger partial charge in [-0.25, -0.2) is 17.6 Å². The molecule has 9 heteroatoms. The number of alkyl halides is 4. The molecule has 0 radical (unpaired) electrons. The summed E-state index contributed by atoms with van der Waals surface area (Å²) in [5, 5.41) is 2.94. The molecule has 1 spiro atoms. The fraction of sp³-hybridized carbons (Fsp3) is 0.792. The predicted octanol–water partition coefficient (Wildman–Crippen LogP) is 4.75. The van der Waals surface area contributed by atoms with Crippen LogP contribution in [0.1, 0.15) is 60.8 Å². The van der Waals surface area contributed by atoms with Crippen molar-refractivity contribution in [1.29, 1.82) is 0 Å². The molecule has 1 amide bonds. The lowest BCUT2D eigenvalue weighted by atomic mass is 9.76. The summed E-state index contributed by atoms with van der Waals surface area (Å²) in [6.45, 7) is 4.70. The van der Waals surface area contributed by atoms with Gasteiger partial charge in [0.05, 0.1) is 6.61 Å². The molecule has 184 valence electrons. The average Bonchev–Trinajstić information content (AvgIpc) is 3.09. The van der Waals surface area contributed by atoms with Crippen LogP contribution in [0.5, 0.6) is 0 Å². The molecular weight excluding hydrogens is 456 g/mol. The standard InChI is InChI=1S/C24H32F4N2O2S/c1-14-10-23(21-16(2-5-32-23)8-19(33-21)9-20(25)26)3-4-30(14)13-15-6-18(7-15)29-22(31)17-11-24(27,28)12-17/h8,14-15,17-18,20H,2-7,9-13H2,1H3,(H,29,31)/t14-,15-,18+,23+/m0/s1. The molecule has 2 saturated carbocycles. The Hall–Kier alpha value is -1.19. The van der Waals surface area contributed by atoms with Crippen LogP contribution in [0, 0.1) is 11.8 Å². The fourth-order valence-electron chi connectivity index (χ4n) is 6.09. The van der Waals surface area contributed by atoms with Gasteiger partial charge in [0.25, 0.3) is 0 Å². The van der Waals surface area contributed by atoms with Gasteiger partial charge in [-0.1, -0.05) is 0 Å². The van der Waals surface area contributed by atoms with E-state index in [2.05, 4.69) is 17.1 Å². The first-order valence-electron chi connectivity index (χ1n) is 12.1. The maximum Gasteiger partial charge on any atom is 0.249 e. The van der Waals surface area contributed by atoms with Crippen LogP contribution in [0.3, 0.4) is 0 Å². The first-order chi connectivity index (χ1) is 15.6. The molecule has 1 aromatic rings. The normalized spacial score (nSPS) is 34.1. The minimum atomic E-state index is -2.66. The Morgan fingerprint density at radius 3 is 2.73 bits per heavy atom. The number of ether oxygens (including phenoxy) is 1. The number of hydrogen-bond acceptors (Lipinski definition) is 4. The third-order valence-electron chi connectivity index (χ3n) is 7.97. The number of carbonyl (C=O) groups excluding carboxylic acids is 1. The summed E-state index contributed by atoms with van der Waals surface area (Å²) in [6, 6.07) is 2.38. The lowest BCUT2D eigenvalue weighted by molar-refractivity contribution is -0.151. The molecule has 2 aliphatic carbocycles. The molecule has 3 heterocycles. The number of fused-ring (bicyclic) bond motifs is 2. The molecule has 0 unspecified atom stereocenters. The van der Waals surface area contributed by atoms with Gasteiger partial charge in [0.15, 0.2) is 0 Å². The van der Waals surface area contributed by atoms with E-state index in [1.807, 2.05) is 6.07 Å². The number of rotatable bonds is 6. The Balaban J connectivity index is 1.11. The minimum absolute atomic E-state index is 0.103. The number of piperidine rings is 1. The second-order valence-corrected chi connectivity index (χ2v) is 11.7. The Morgan fingerprint density at radius 2 is 2.06 bits per heavy atom. The third kappa shape index (κ3) is 4.82. The number of nitrogens with zero attached hydrogens (tertiary/aromatic N) is 1. The quantitative estimate of drug-likeness (QED) is 0.588. The van der Waals surface area contributed by atoms with Crippen molar-refractivity contribution >= 4 is 17.2 Å². The number of hydrogen-bond donors (Lipinski definition) is 1. The van der Waals surface area contributed by atoms with Gasteiger partial charge in [-0.15, -0.1) is 11.3 Å². The summed E-state index contributed by atoms with van der Waals surface area (Å²) in [7, 11) is 0. The highest BCUT2D eigenvalue weighted by atomic mass is 32.1. The van der Waals surface area contributed by atoms with Crippen molar-refractivity contribution in [2.75, 3.05) is 19.7 Å². The lowest BCUT2D eigenvalue weighted by Gasteiger charge is -2.49. The van der Waals surface area contributed by atoms with E-state index in [1.54, 1.807) is 0 Å². The molecule has 1 N–H and O–H groups in total. The van der Waals surface area contributed by atoms with Gasteiger partial charge in [-0.2, -0.15) is 0 Å². The van der Waals surface area contributed by atoms with Crippen molar-refractivity contribution in [3.05, 3.63) is 21.4 Å². The van der Waals surface area contributed by atoms with Crippen LogP contribution in [0.2, 0.25) is 0 Å². The molecule has 33 heavy (non-hydrogen) atoms. The molecule has 1 saturated heterocycles. The van der Waals surface area contributed by atoms with Crippen LogP contribution in [0.15, 0.2) is 6.07 Å². The van der Waals surface area contributed by atoms with E-state index in [0.29, 0.717) is 18.6 Å². The monoisotopic (exact) mass is 488 g/mol. The van der Waals surface area contributed by atoms with Crippen molar-refractivity contribution in [3.8, 4) is 0 Å². The highest BCUT2D eigenvalue weighted by Gasteiger charge is 2.50. The molecule has 2 aliphatic heterocycles. The zero-order valence-electron chi connectivity index (χ0n) is 18.9. The molecule has 1 aromatic heterocycles. The minimum Gasteiger partial charge on any atom is -0.369 e. The Morgan fingerprint density at radius 1 is 1.30 bits per heavy atom. The summed E-state index contributed by atoms with van der Waals surface area (Å²) in [5.41, 5.74) is 0.833. The number of nitrogens with one attached hydrogen (secondary N) is 1. The third-order valence-corrected chi connectivity index (χ3v) is 9.35. The van der Waals surface area contributed by atoms with E-state index in [1.165, 1.54) is 16.9 Å². The second kappa shape index (κ2) is 8.79. The van der Waals surface area contributed by atoms with Crippen LogP contribution < -0.4 is 5.32 Å². The van der Waals surface area contributed by atoms with Gasteiger partial charge >= 0.3 is 0 Å². The molecule has 0 bridgehead atoms. The van der Waals surface area contributed by atoms with Crippen LogP contribution in [0.25, 0.3) is 0 Å². The van der Waals surface area contributed by atoms with Crippen molar-refractivity contribution < 1.29 is 27.1 Å². The number of amides is 1. The van der Waals surface area contributed by atoms with Crippen molar-refractivity contribution in [2.24, 2.45) is 11.8 Å². The van der Waals surface area contributed by atoms with E-state index < -0.39 is 18.3 Å². The summed E-state index contributed by atoms with van der Waals surface area (Å²) in [6.07, 6.45) is 1.16. The van der Waals surface area contributed by atoms with E-state index >= 15 is 0 Å². The van der Waals surface area contributed by atoms with Gasteiger partial charge in [0, 0.05) is 60.1 Å². The first kappa shape index (κ1) is 23.5. The topological polar surface area (TPSA) is 41.6 Å². The molecular formula is C24H32F4N2O2S. The highest BCUT2D eigenvalue weighted by molar-refractivity contribution is 7.12. The van der Waals surface area contributed by atoms with Crippen molar-refractivity contribution in [2.45, 2.75) is 88.3 Å². The zero-order valence-corrected chi connectivity index (χ0v) is 19.7. The molecule has 2 atom stereocenters. The van der Waals surface area contributed by atoms with Gasteiger partial charge < -0.3 is 15.0 Å². The van der Waals surface area contributed by atoms with Crippen LogP contribution in [0.4, 0.5) is 17.6 Å². The lowest BCUT2D eigenvalue weighted by Crippen LogP contribution is -2.55.